The number of hydrogen-bond acceptors (Lipinski definition) is 3. The molecular formula is C8H16N4. The minimum absolute atomic E-state index is 0.602. The van der Waals surface area contributed by atoms with Crippen molar-refractivity contribution in [3.63, 3.8) is 0 Å². The lowest BCUT2D eigenvalue weighted by molar-refractivity contribution is 0.591. The van der Waals surface area contributed by atoms with Crippen LogP contribution < -0.4 is 11.1 Å². The summed E-state index contributed by atoms with van der Waals surface area (Å²) < 4.78 is 1.91. The summed E-state index contributed by atoms with van der Waals surface area (Å²) in [6.07, 6.45) is 0. The number of nitrogen functional groups attached to an aromatic ring is 1. The van der Waals surface area contributed by atoms with E-state index in [4.69, 9.17) is 5.73 Å². The lowest BCUT2D eigenvalue weighted by Gasteiger charge is -2.03. The normalized spacial score (nSPS) is 10.5. The Labute approximate surface area is 72.8 Å². The van der Waals surface area contributed by atoms with Crippen molar-refractivity contribution in [1.82, 2.24) is 15.1 Å². The van der Waals surface area contributed by atoms with Gasteiger partial charge in [0.15, 0.2) is 0 Å². The molecule has 0 fully saturated rings. The number of aryl methyl sites for hydroxylation is 1. The average Bonchev–Trinajstić information content (AvgIpc) is 2.42. The summed E-state index contributed by atoms with van der Waals surface area (Å²) in [4.78, 5) is 0. The van der Waals surface area contributed by atoms with Gasteiger partial charge in [-0.3, -0.25) is 4.68 Å². The first-order valence-electron chi connectivity index (χ1n) is 4.30. The summed E-state index contributed by atoms with van der Waals surface area (Å²) in [7, 11) is 0. The first-order chi connectivity index (χ1) is 5.77. The molecule has 1 aromatic heterocycles. The van der Waals surface area contributed by atoms with Crippen LogP contribution in [0, 0.1) is 0 Å². The summed E-state index contributed by atoms with van der Waals surface area (Å²) in [5.41, 5.74) is 6.72. The largest absolute Gasteiger partial charge is 0.382 e. The Kier molecular flexibility index (Phi) is 3.10. The summed E-state index contributed by atoms with van der Waals surface area (Å²) in [6.45, 7) is 6.82. The standard InChI is InChI=1S/C8H16N4/c1-3-10-6-7-5-8(9)11-12(7)4-2/h5,10H,3-4,6H2,1-2H3,(H2,9,11). The van der Waals surface area contributed by atoms with Gasteiger partial charge in [-0.15, -0.1) is 0 Å². The molecule has 1 rings (SSSR count). The number of aromatic nitrogens is 2. The van der Waals surface area contributed by atoms with E-state index < -0.39 is 0 Å². The van der Waals surface area contributed by atoms with Crippen LogP contribution in [-0.4, -0.2) is 16.3 Å². The Balaban J connectivity index is 2.68. The van der Waals surface area contributed by atoms with E-state index in [-0.39, 0.29) is 0 Å². The molecule has 0 aliphatic heterocycles. The number of rotatable bonds is 4. The Hall–Kier alpha value is -1.03. The van der Waals surface area contributed by atoms with E-state index in [1.807, 2.05) is 10.7 Å². The van der Waals surface area contributed by atoms with Crippen molar-refractivity contribution in [1.29, 1.82) is 0 Å². The van der Waals surface area contributed by atoms with E-state index in [1.165, 1.54) is 0 Å². The van der Waals surface area contributed by atoms with Gasteiger partial charge < -0.3 is 11.1 Å². The maximum Gasteiger partial charge on any atom is 0.145 e. The van der Waals surface area contributed by atoms with Crippen molar-refractivity contribution in [2.75, 3.05) is 12.3 Å². The molecule has 3 N–H and O–H groups in total. The van der Waals surface area contributed by atoms with Gasteiger partial charge in [0.05, 0.1) is 5.69 Å². The zero-order chi connectivity index (χ0) is 8.97. The lowest BCUT2D eigenvalue weighted by atomic mass is 10.4. The maximum absolute atomic E-state index is 5.57. The van der Waals surface area contributed by atoms with Gasteiger partial charge in [0.1, 0.15) is 5.82 Å². The highest BCUT2D eigenvalue weighted by Crippen LogP contribution is 2.05. The summed E-state index contributed by atoms with van der Waals surface area (Å²) in [6, 6.07) is 1.91. The predicted molar refractivity (Wildman–Crippen MR) is 49.7 cm³/mol. The van der Waals surface area contributed by atoms with E-state index in [0.29, 0.717) is 5.82 Å². The Morgan fingerprint density at radius 2 is 2.33 bits per heavy atom. The highest BCUT2D eigenvalue weighted by molar-refractivity contribution is 5.29. The van der Waals surface area contributed by atoms with Crippen LogP contribution in [-0.2, 0) is 13.1 Å². The Morgan fingerprint density at radius 1 is 1.58 bits per heavy atom. The van der Waals surface area contributed by atoms with E-state index in [1.54, 1.807) is 0 Å². The van der Waals surface area contributed by atoms with Gasteiger partial charge in [-0.1, -0.05) is 6.92 Å². The van der Waals surface area contributed by atoms with Gasteiger partial charge >= 0.3 is 0 Å². The summed E-state index contributed by atoms with van der Waals surface area (Å²) >= 11 is 0. The summed E-state index contributed by atoms with van der Waals surface area (Å²) in [5.74, 6) is 0.602. The molecule has 0 aliphatic rings. The van der Waals surface area contributed by atoms with Crippen molar-refractivity contribution < 1.29 is 0 Å². The minimum Gasteiger partial charge on any atom is -0.382 e. The molecule has 0 saturated heterocycles. The van der Waals surface area contributed by atoms with Crippen LogP contribution in [0.3, 0.4) is 0 Å². The number of nitrogens with one attached hydrogen (secondary N) is 1. The molecular weight excluding hydrogens is 152 g/mol. The highest BCUT2D eigenvalue weighted by Gasteiger charge is 2.02. The van der Waals surface area contributed by atoms with Crippen LogP contribution in [0.15, 0.2) is 6.07 Å². The molecule has 4 heteroatoms. The fraction of sp³-hybridized carbons (Fsp3) is 0.625. The van der Waals surface area contributed by atoms with Crippen molar-refractivity contribution in [3.8, 4) is 0 Å². The third kappa shape index (κ3) is 1.98. The molecule has 0 spiro atoms. The number of hydrogen-bond donors (Lipinski definition) is 2. The molecule has 68 valence electrons. The lowest BCUT2D eigenvalue weighted by Crippen LogP contribution is -2.15. The van der Waals surface area contributed by atoms with Crippen molar-refractivity contribution in [2.24, 2.45) is 0 Å². The van der Waals surface area contributed by atoms with E-state index in [2.05, 4.69) is 24.3 Å². The van der Waals surface area contributed by atoms with E-state index in [0.717, 1.165) is 25.3 Å². The molecule has 1 aromatic rings. The van der Waals surface area contributed by atoms with Gasteiger partial charge in [0.2, 0.25) is 0 Å². The van der Waals surface area contributed by atoms with Gasteiger partial charge in [-0.25, -0.2) is 0 Å². The van der Waals surface area contributed by atoms with Crippen LogP contribution in [0.25, 0.3) is 0 Å². The molecule has 0 radical (unpaired) electrons. The second kappa shape index (κ2) is 4.11. The Morgan fingerprint density at radius 3 is 2.92 bits per heavy atom. The zero-order valence-electron chi connectivity index (χ0n) is 7.67. The van der Waals surface area contributed by atoms with Gasteiger partial charge in [0.25, 0.3) is 0 Å². The number of anilines is 1. The maximum atomic E-state index is 5.57. The van der Waals surface area contributed by atoms with E-state index >= 15 is 0 Å². The van der Waals surface area contributed by atoms with Crippen molar-refractivity contribution in [2.45, 2.75) is 26.9 Å². The molecule has 1 heterocycles. The zero-order valence-corrected chi connectivity index (χ0v) is 7.67. The third-order valence-corrected chi connectivity index (χ3v) is 1.74. The van der Waals surface area contributed by atoms with E-state index in [9.17, 15) is 0 Å². The molecule has 0 bridgehead atoms. The van der Waals surface area contributed by atoms with Crippen LogP contribution in [0.5, 0.6) is 0 Å². The van der Waals surface area contributed by atoms with Crippen LogP contribution in [0.2, 0.25) is 0 Å². The molecule has 0 atom stereocenters. The first kappa shape index (κ1) is 9.06. The van der Waals surface area contributed by atoms with Crippen LogP contribution >= 0.6 is 0 Å². The van der Waals surface area contributed by atoms with Crippen molar-refractivity contribution in [3.05, 3.63) is 11.8 Å². The topological polar surface area (TPSA) is 55.9 Å². The van der Waals surface area contributed by atoms with Crippen molar-refractivity contribution >= 4 is 5.82 Å². The monoisotopic (exact) mass is 168 g/mol. The number of nitrogens with zero attached hydrogens (tertiary/aromatic N) is 2. The molecule has 0 amide bonds. The summed E-state index contributed by atoms with van der Waals surface area (Å²) in [5, 5.41) is 7.37. The Bertz CT molecular complexity index is 241. The quantitative estimate of drug-likeness (QED) is 0.692. The van der Waals surface area contributed by atoms with Gasteiger partial charge in [-0.05, 0) is 13.5 Å². The fourth-order valence-corrected chi connectivity index (χ4v) is 1.15. The van der Waals surface area contributed by atoms with Crippen LogP contribution in [0.4, 0.5) is 5.82 Å². The minimum atomic E-state index is 0.602. The fourth-order valence-electron chi connectivity index (χ4n) is 1.15. The second-order valence-corrected chi connectivity index (χ2v) is 2.66. The molecule has 0 unspecified atom stereocenters. The second-order valence-electron chi connectivity index (χ2n) is 2.66. The number of nitrogens with two attached hydrogens (primary N) is 1. The molecule has 4 nitrogen and oxygen atoms in total. The molecule has 0 aromatic carbocycles. The first-order valence-corrected chi connectivity index (χ1v) is 4.30. The van der Waals surface area contributed by atoms with Gasteiger partial charge in [0, 0.05) is 19.2 Å². The third-order valence-electron chi connectivity index (χ3n) is 1.74. The predicted octanol–water partition coefficient (Wildman–Crippen LogP) is 0.595. The molecule has 12 heavy (non-hydrogen) atoms. The molecule has 0 aliphatic carbocycles. The molecule has 0 saturated carbocycles. The highest BCUT2D eigenvalue weighted by atomic mass is 15.3. The van der Waals surface area contributed by atoms with Crippen LogP contribution in [0.1, 0.15) is 19.5 Å². The van der Waals surface area contributed by atoms with Gasteiger partial charge in [-0.2, -0.15) is 5.10 Å². The smallest absolute Gasteiger partial charge is 0.145 e. The SMILES string of the molecule is CCNCc1cc(N)nn1CC. The average molecular weight is 168 g/mol.